The summed E-state index contributed by atoms with van der Waals surface area (Å²) in [4.78, 5) is 10.5. The molecule has 1 aromatic rings. The number of amides is 1. The van der Waals surface area contributed by atoms with Gasteiger partial charge in [0.25, 0.3) is 0 Å². The van der Waals surface area contributed by atoms with Crippen molar-refractivity contribution in [2.45, 2.75) is 18.6 Å². The fraction of sp³-hybridized carbons (Fsp3) is 0.300. The van der Waals surface area contributed by atoms with Crippen molar-refractivity contribution in [1.29, 1.82) is 0 Å². The Morgan fingerprint density at radius 2 is 2.27 bits per heavy atom. The molecule has 1 aliphatic rings. The smallest absolute Gasteiger partial charge is 0.405 e. The van der Waals surface area contributed by atoms with Crippen LogP contribution in [0.15, 0.2) is 18.2 Å². The molecular formula is C10H10ClNO3. The fourth-order valence-electron chi connectivity index (χ4n) is 1.92. The van der Waals surface area contributed by atoms with Crippen molar-refractivity contribution in [2.75, 3.05) is 0 Å². The van der Waals surface area contributed by atoms with E-state index < -0.39 is 18.2 Å². The van der Waals surface area contributed by atoms with Crippen molar-refractivity contribution in [3.05, 3.63) is 34.3 Å². The molecule has 3 N–H and O–H groups in total. The van der Waals surface area contributed by atoms with Crippen LogP contribution in [0.1, 0.15) is 17.2 Å². The summed E-state index contributed by atoms with van der Waals surface area (Å²) in [6.07, 6.45) is -1.50. The maximum Gasteiger partial charge on any atom is 0.405 e. The molecule has 2 atom stereocenters. The van der Waals surface area contributed by atoms with Gasteiger partial charge in [-0.1, -0.05) is 23.7 Å². The predicted octanol–water partition coefficient (Wildman–Crippen LogP) is 1.57. The molecule has 0 saturated carbocycles. The Bertz CT molecular complexity index is 408. The van der Waals surface area contributed by atoms with Gasteiger partial charge >= 0.3 is 6.09 Å². The first-order valence-corrected chi connectivity index (χ1v) is 4.92. The third-order valence-corrected chi connectivity index (χ3v) is 2.92. The number of rotatable bonds is 1. The molecule has 0 spiro atoms. The Balaban J connectivity index is 2.37. The van der Waals surface area contributed by atoms with Gasteiger partial charge in [-0.15, -0.1) is 0 Å². The van der Waals surface area contributed by atoms with E-state index in [2.05, 4.69) is 5.32 Å². The van der Waals surface area contributed by atoms with Crippen LogP contribution in [0.3, 0.4) is 0 Å². The van der Waals surface area contributed by atoms with Crippen LogP contribution in [0, 0.1) is 0 Å². The molecule has 0 aromatic heterocycles. The van der Waals surface area contributed by atoms with E-state index in [-0.39, 0.29) is 0 Å². The van der Waals surface area contributed by atoms with Gasteiger partial charge in [0.1, 0.15) is 0 Å². The van der Waals surface area contributed by atoms with Crippen LogP contribution >= 0.6 is 11.6 Å². The largest absolute Gasteiger partial charge is 0.465 e. The Labute approximate surface area is 91.5 Å². The van der Waals surface area contributed by atoms with Crippen LogP contribution in [-0.4, -0.2) is 22.4 Å². The number of aliphatic hydroxyl groups is 1. The SMILES string of the molecule is O=C(O)N[C@@H]1c2cccc(Cl)c2C[C@@H]1O. The lowest BCUT2D eigenvalue weighted by molar-refractivity contribution is 0.131. The molecule has 0 fully saturated rings. The molecule has 1 aliphatic carbocycles. The van der Waals surface area contributed by atoms with Gasteiger partial charge in [-0.05, 0) is 17.2 Å². The number of halogens is 1. The number of fused-ring (bicyclic) bond motifs is 1. The van der Waals surface area contributed by atoms with E-state index in [1.54, 1.807) is 18.2 Å². The summed E-state index contributed by atoms with van der Waals surface area (Å²) >= 11 is 5.95. The lowest BCUT2D eigenvalue weighted by Gasteiger charge is -2.15. The average Bonchev–Trinajstić information content (AvgIpc) is 2.45. The molecule has 2 rings (SSSR count). The number of aliphatic hydroxyl groups excluding tert-OH is 1. The highest BCUT2D eigenvalue weighted by molar-refractivity contribution is 6.31. The lowest BCUT2D eigenvalue weighted by Crippen LogP contribution is -2.32. The zero-order valence-corrected chi connectivity index (χ0v) is 8.53. The quantitative estimate of drug-likeness (QED) is 0.682. The van der Waals surface area contributed by atoms with Crippen molar-refractivity contribution in [1.82, 2.24) is 5.32 Å². The third kappa shape index (κ3) is 1.78. The van der Waals surface area contributed by atoms with Crippen molar-refractivity contribution < 1.29 is 15.0 Å². The first kappa shape index (κ1) is 10.3. The molecular weight excluding hydrogens is 218 g/mol. The van der Waals surface area contributed by atoms with E-state index in [0.29, 0.717) is 11.4 Å². The monoisotopic (exact) mass is 227 g/mol. The van der Waals surface area contributed by atoms with Crippen LogP contribution < -0.4 is 5.32 Å². The number of benzene rings is 1. The third-order valence-electron chi connectivity index (χ3n) is 2.57. The van der Waals surface area contributed by atoms with Crippen molar-refractivity contribution >= 4 is 17.7 Å². The van der Waals surface area contributed by atoms with E-state index in [1.807, 2.05) is 0 Å². The first-order valence-electron chi connectivity index (χ1n) is 4.54. The maximum absolute atomic E-state index is 10.5. The normalized spacial score (nSPS) is 23.6. The fourth-order valence-corrected chi connectivity index (χ4v) is 2.18. The van der Waals surface area contributed by atoms with Crippen LogP contribution in [-0.2, 0) is 6.42 Å². The number of carbonyl (C=O) groups is 1. The molecule has 0 saturated heterocycles. The molecule has 1 amide bonds. The molecule has 4 nitrogen and oxygen atoms in total. The van der Waals surface area contributed by atoms with Crippen LogP contribution in [0.2, 0.25) is 5.02 Å². The van der Waals surface area contributed by atoms with E-state index in [0.717, 1.165) is 11.1 Å². The lowest BCUT2D eigenvalue weighted by atomic mass is 10.1. The molecule has 0 aliphatic heterocycles. The Hall–Kier alpha value is -1.26. The van der Waals surface area contributed by atoms with Gasteiger partial charge in [-0.2, -0.15) is 0 Å². The van der Waals surface area contributed by atoms with Gasteiger partial charge < -0.3 is 15.5 Å². The summed E-state index contributed by atoms with van der Waals surface area (Å²) in [5.41, 5.74) is 1.59. The molecule has 0 unspecified atom stereocenters. The topological polar surface area (TPSA) is 69.6 Å². The Morgan fingerprint density at radius 3 is 2.93 bits per heavy atom. The van der Waals surface area contributed by atoms with E-state index >= 15 is 0 Å². The second-order valence-electron chi connectivity index (χ2n) is 3.51. The number of carboxylic acid groups (broad SMARTS) is 1. The Kier molecular flexibility index (Phi) is 2.54. The van der Waals surface area contributed by atoms with Gasteiger partial charge in [-0.3, -0.25) is 0 Å². The summed E-state index contributed by atoms with van der Waals surface area (Å²) in [7, 11) is 0. The van der Waals surface area contributed by atoms with Crippen LogP contribution in [0.5, 0.6) is 0 Å². The predicted molar refractivity (Wildman–Crippen MR) is 55.1 cm³/mol. The molecule has 0 radical (unpaired) electrons. The summed E-state index contributed by atoms with van der Waals surface area (Å²) in [5.74, 6) is 0. The molecule has 0 heterocycles. The van der Waals surface area contributed by atoms with Crippen molar-refractivity contribution in [2.24, 2.45) is 0 Å². The van der Waals surface area contributed by atoms with Crippen molar-refractivity contribution in [3.63, 3.8) is 0 Å². The van der Waals surface area contributed by atoms with E-state index in [1.165, 1.54) is 0 Å². The van der Waals surface area contributed by atoms with Crippen LogP contribution in [0.4, 0.5) is 4.79 Å². The van der Waals surface area contributed by atoms with Gasteiger partial charge in [0.15, 0.2) is 0 Å². The number of hydrogen-bond donors (Lipinski definition) is 3. The molecule has 15 heavy (non-hydrogen) atoms. The number of nitrogens with one attached hydrogen (secondary N) is 1. The highest BCUT2D eigenvalue weighted by Crippen LogP contribution is 2.35. The zero-order valence-electron chi connectivity index (χ0n) is 7.77. The molecule has 1 aromatic carbocycles. The molecule has 5 heteroatoms. The minimum absolute atomic E-state index is 0.389. The average molecular weight is 228 g/mol. The zero-order chi connectivity index (χ0) is 11.0. The summed E-state index contributed by atoms with van der Waals surface area (Å²) in [6, 6.07) is 4.68. The standard InChI is InChI=1S/C10H10ClNO3/c11-7-3-1-2-5-6(7)4-8(13)9(5)12-10(14)15/h1-3,8-9,12-13H,4H2,(H,14,15)/t8-,9+/m0/s1. The highest BCUT2D eigenvalue weighted by atomic mass is 35.5. The van der Waals surface area contributed by atoms with Gasteiger partial charge in [0, 0.05) is 11.4 Å². The summed E-state index contributed by atoms with van der Waals surface area (Å²) in [6.45, 7) is 0. The second kappa shape index (κ2) is 3.72. The first-order chi connectivity index (χ1) is 7.09. The minimum Gasteiger partial charge on any atom is -0.465 e. The van der Waals surface area contributed by atoms with Gasteiger partial charge in [0.2, 0.25) is 0 Å². The second-order valence-corrected chi connectivity index (χ2v) is 3.91. The highest BCUT2D eigenvalue weighted by Gasteiger charge is 2.33. The van der Waals surface area contributed by atoms with Gasteiger partial charge in [-0.25, -0.2) is 4.79 Å². The summed E-state index contributed by atoms with van der Waals surface area (Å²) < 4.78 is 0. The maximum atomic E-state index is 10.5. The Morgan fingerprint density at radius 1 is 1.53 bits per heavy atom. The van der Waals surface area contributed by atoms with Crippen LogP contribution in [0.25, 0.3) is 0 Å². The molecule has 0 bridgehead atoms. The van der Waals surface area contributed by atoms with E-state index in [9.17, 15) is 9.90 Å². The van der Waals surface area contributed by atoms with E-state index in [4.69, 9.17) is 16.7 Å². The number of hydrogen-bond acceptors (Lipinski definition) is 2. The minimum atomic E-state index is -1.15. The summed E-state index contributed by atoms with van der Waals surface area (Å²) in [5, 5.41) is 21.2. The van der Waals surface area contributed by atoms with Crippen molar-refractivity contribution in [3.8, 4) is 0 Å². The molecule has 80 valence electrons. The van der Waals surface area contributed by atoms with Gasteiger partial charge in [0.05, 0.1) is 12.1 Å².